The predicted molar refractivity (Wildman–Crippen MR) is 82.4 cm³/mol. The number of hydrogen-bond donors (Lipinski definition) is 1. The second kappa shape index (κ2) is 6.83. The Bertz CT molecular complexity index is 500. The van der Waals surface area contributed by atoms with Crippen molar-refractivity contribution in [3.63, 3.8) is 0 Å². The van der Waals surface area contributed by atoms with Crippen molar-refractivity contribution in [2.75, 3.05) is 0 Å². The van der Waals surface area contributed by atoms with Crippen molar-refractivity contribution < 1.29 is 0 Å². The van der Waals surface area contributed by atoms with Crippen LogP contribution in [-0.2, 0) is 19.5 Å². The third kappa shape index (κ3) is 4.77. The molecule has 0 saturated heterocycles. The van der Waals surface area contributed by atoms with Crippen LogP contribution in [0.5, 0.6) is 0 Å². The van der Waals surface area contributed by atoms with Crippen molar-refractivity contribution in [2.45, 2.75) is 40.3 Å². The fourth-order valence-electron chi connectivity index (χ4n) is 2.08. The summed E-state index contributed by atoms with van der Waals surface area (Å²) in [5.74, 6) is 0.721. The van der Waals surface area contributed by atoms with E-state index in [-0.39, 0.29) is 0 Å². The van der Waals surface area contributed by atoms with Gasteiger partial charge >= 0.3 is 0 Å². The smallest absolute Gasteiger partial charge is 0.0897 e. The SMILES string of the molecule is Cc1ncc(CNCc2ccc(CC(C)C)cc2)s1. The summed E-state index contributed by atoms with van der Waals surface area (Å²) in [5.41, 5.74) is 2.77. The van der Waals surface area contributed by atoms with Gasteiger partial charge in [-0.15, -0.1) is 11.3 Å². The largest absolute Gasteiger partial charge is 0.308 e. The van der Waals surface area contributed by atoms with Crippen molar-refractivity contribution in [1.82, 2.24) is 10.3 Å². The quantitative estimate of drug-likeness (QED) is 0.863. The number of nitrogens with zero attached hydrogens (tertiary/aromatic N) is 1. The molecule has 0 fully saturated rings. The summed E-state index contributed by atoms with van der Waals surface area (Å²) in [6, 6.07) is 8.94. The van der Waals surface area contributed by atoms with E-state index in [9.17, 15) is 0 Å². The minimum absolute atomic E-state index is 0.721. The fourth-order valence-corrected chi connectivity index (χ4v) is 2.85. The van der Waals surface area contributed by atoms with E-state index < -0.39 is 0 Å². The number of hydrogen-bond acceptors (Lipinski definition) is 3. The molecule has 2 aromatic rings. The maximum absolute atomic E-state index is 4.26. The number of aryl methyl sites for hydroxylation is 1. The van der Waals surface area contributed by atoms with Crippen LogP contribution in [0.15, 0.2) is 30.5 Å². The van der Waals surface area contributed by atoms with Crippen molar-refractivity contribution in [3.05, 3.63) is 51.5 Å². The summed E-state index contributed by atoms with van der Waals surface area (Å²) in [4.78, 5) is 5.56. The molecule has 0 radical (unpaired) electrons. The van der Waals surface area contributed by atoms with Crippen LogP contribution in [0.2, 0.25) is 0 Å². The molecule has 0 unspecified atom stereocenters. The second-order valence-corrected chi connectivity index (χ2v) is 6.68. The number of benzene rings is 1. The molecule has 2 rings (SSSR count). The number of aromatic nitrogens is 1. The zero-order valence-electron chi connectivity index (χ0n) is 11.9. The van der Waals surface area contributed by atoms with Crippen LogP contribution in [0.25, 0.3) is 0 Å². The van der Waals surface area contributed by atoms with Crippen LogP contribution in [-0.4, -0.2) is 4.98 Å². The standard InChI is InChI=1S/C16H22N2S/c1-12(2)8-14-4-6-15(7-5-14)9-17-10-16-11-18-13(3)19-16/h4-7,11-12,17H,8-10H2,1-3H3. The van der Waals surface area contributed by atoms with Gasteiger partial charge in [0.2, 0.25) is 0 Å². The Hall–Kier alpha value is -1.19. The molecule has 0 amide bonds. The average molecular weight is 274 g/mol. The van der Waals surface area contributed by atoms with Crippen LogP contribution in [0, 0.1) is 12.8 Å². The highest BCUT2D eigenvalue weighted by molar-refractivity contribution is 7.11. The summed E-state index contributed by atoms with van der Waals surface area (Å²) in [6.07, 6.45) is 3.12. The molecule has 102 valence electrons. The summed E-state index contributed by atoms with van der Waals surface area (Å²) in [5, 5.41) is 4.60. The average Bonchev–Trinajstić information content (AvgIpc) is 2.77. The maximum atomic E-state index is 4.26. The highest BCUT2D eigenvalue weighted by Gasteiger charge is 2.00. The lowest BCUT2D eigenvalue weighted by Gasteiger charge is -2.07. The molecule has 1 heterocycles. The molecular weight excluding hydrogens is 252 g/mol. The lowest BCUT2D eigenvalue weighted by Crippen LogP contribution is -2.11. The van der Waals surface area contributed by atoms with Gasteiger partial charge in [0.25, 0.3) is 0 Å². The maximum Gasteiger partial charge on any atom is 0.0897 e. The zero-order valence-corrected chi connectivity index (χ0v) is 12.8. The first-order valence-corrected chi connectivity index (χ1v) is 7.65. The third-order valence-corrected chi connectivity index (χ3v) is 3.88. The fraction of sp³-hybridized carbons (Fsp3) is 0.438. The van der Waals surface area contributed by atoms with Crippen LogP contribution in [0.3, 0.4) is 0 Å². The molecule has 2 nitrogen and oxygen atoms in total. The van der Waals surface area contributed by atoms with Gasteiger partial charge in [-0.3, -0.25) is 0 Å². The predicted octanol–water partition coefficient (Wildman–Crippen LogP) is 3.94. The molecule has 0 bridgehead atoms. The molecule has 1 aromatic carbocycles. The lowest BCUT2D eigenvalue weighted by molar-refractivity contribution is 0.646. The first-order chi connectivity index (χ1) is 9.13. The molecule has 0 aliphatic heterocycles. The Morgan fingerprint density at radius 1 is 1.11 bits per heavy atom. The van der Waals surface area contributed by atoms with Gasteiger partial charge in [0.05, 0.1) is 5.01 Å². The molecule has 0 aliphatic rings. The van der Waals surface area contributed by atoms with E-state index in [4.69, 9.17) is 0 Å². The monoisotopic (exact) mass is 274 g/mol. The molecule has 19 heavy (non-hydrogen) atoms. The lowest BCUT2D eigenvalue weighted by atomic mass is 10.0. The van der Waals surface area contributed by atoms with Crippen molar-refractivity contribution in [2.24, 2.45) is 5.92 Å². The minimum Gasteiger partial charge on any atom is -0.308 e. The topological polar surface area (TPSA) is 24.9 Å². The van der Waals surface area contributed by atoms with Gasteiger partial charge in [-0.25, -0.2) is 4.98 Å². The van der Waals surface area contributed by atoms with Gasteiger partial charge in [-0.1, -0.05) is 38.1 Å². The number of nitrogens with one attached hydrogen (secondary N) is 1. The van der Waals surface area contributed by atoms with E-state index in [2.05, 4.69) is 48.4 Å². The van der Waals surface area contributed by atoms with E-state index >= 15 is 0 Å². The second-order valence-electron chi connectivity index (χ2n) is 5.36. The van der Waals surface area contributed by atoms with Gasteiger partial charge < -0.3 is 5.32 Å². The zero-order chi connectivity index (χ0) is 13.7. The van der Waals surface area contributed by atoms with Gasteiger partial charge in [-0.05, 0) is 30.4 Å². The first kappa shape index (κ1) is 14.2. The highest BCUT2D eigenvalue weighted by Crippen LogP contribution is 2.12. The van der Waals surface area contributed by atoms with E-state index in [0.29, 0.717) is 0 Å². The Balaban J connectivity index is 1.79. The molecule has 1 aromatic heterocycles. The van der Waals surface area contributed by atoms with Crippen molar-refractivity contribution in [3.8, 4) is 0 Å². The summed E-state index contributed by atoms with van der Waals surface area (Å²) >= 11 is 1.76. The Morgan fingerprint density at radius 3 is 2.37 bits per heavy atom. The number of rotatable bonds is 6. The molecule has 0 saturated carbocycles. The van der Waals surface area contributed by atoms with Gasteiger partial charge in [0.1, 0.15) is 0 Å². The molecule has 0 aliphatic carbocycles. The van der Waals surface area contributed by atoms with Gasteiger partial charge in [0, 0.05) is 24.2 Å². The highest BCUT2D eigenvalue weighted by atomic mass is 32.1. The van der Waals surface area contributed by atoms with Crippen molar-refractivity contribution in [1.29, 1.82) is 0 Å². The molecule has 1 N–H and O–H groups in total. The van der Waals surface area contributed by atoms with Gasteiger partial charge in [0.15, 0.2) is 0 Å². The summed E-state index contributed by atoms with van der Waals surface area (Å²) in [6.45, 7) is 8.37. The Labute approximate surface area is 119 Å². The molecule has 0 atom stereocenters. The van der Waals surface area contributed by atoms with Gasteiger partial charge in [-0.2, -0.15) is 0 Å². The Morgan fingerprint density at radius 2 is 1.79 bits per heavy atom. The van der Waals surface area contributed by atoms with Crippen LogP contribution < -0.4 is 5.32 Å². The molecular formula is C16H22N2S. The molecule has 0 spiro atoms. The first-order valence-electron chi connectivity index (χ1n) is 6.83. The third-order valence-electron chi connectivity index (χ3n) is 2.96. The van der Waals surface area contributed by atoms with Crippen LogP contribution in [0.1, 0.15) is 34.9 Å². The van der Waals surface area contributed by atoms with Crippen molar-refractivity contribution >= 4 is 11.3 Å². The minimum atomic E-state index is 0.721. The van der Waals surface area contributed by atoms with E-state index in [1.54, 1.807) is 11.3 Å². The van der Waals surface area contributed by atoms with Crippen LogP contribution >= 0.6 is 11.3 Å². The molecule has 3 heteroatoms. The summed E-state index contributed by atoms with van der Waals surface area (Å²) < 4.78 is 0. The Kier molecular flexibility index (Phi) is 5.11. The summed E-state index contributed by atoms with van der Waals surface area (Å²) in [7, 11) is 0. The van der Waals surface area contributed by atoms with E-state index in [0.717, 1.165) is 30.4 Å². The normalized spacial score (nSPS) is 11.2. The number of thiazole rings is 1. The van der Waals surface area contributed by atoms with E-state index in [1.165, 1.54) is 16.0 Å². The van der Waals surface area contributed by atoms with Crippen LogP contribution in [0.4, 0.5) is 0 Å². The van der Waals surface area contributed by atoms with E-state index in [1.807, 2.05) is 13.1 Å².